The molecule has 0 saturated heterocycles. The molecule has 0 spiro atoms. The van der Waals surface area contributed by atoms with Crippen LogP contribution in [0.5, 0.6) is 0 Å². The number of allylic oxidation sites excluding steroid dienone is 2. The smallest absolute Gasteiger partial charge is 0.282 e. The van der Waals surface area contributed by atoms with Crippen LogP contribution in [-0.4, -0.2) is 55.1 Å². The second-order valence-corrected chi connectivity index (χ2v) is 15.3. The molecule has 3 aromatic rings. The summed E-state index contributed by atoms with van der Waals surface area (Å²) in [6, 6.07) is 7.05. The number of nitrogens with zero attached hydrogens (tertiary/aromatic N) is 4. The Labute approximate surface area is 283 Å². The number of anilines is 2. The van der Waals surface area contributed by atoms with Crippen LogP contribution in [0, 0.1) is 0 Å². The SMILES string of the molecule is CCC(=Cc1n(CC)c2cc(Cl)c(Cl)cc2[n+]1CCCS(=O)(=O)O)C=C1N(CC)c2cc(Cl)c(Cl)cc2N1CCCS(=O)(=O)O. The van der Waals surface area contributed by atoms with Crippen molar-refractivity contribution in [2.75, 3.05) is 34.4 Å². The van der Waals surface area contributed by atoms with Crippen LogP contribution >= 0.6 is 46.4 Å². The Morgan fingerprint density at radius 1 is 0.800 bits per heavy atom. The normalized spacial score (nSPS) is 15.1. The molecule has 1 aliphatic heterocycles. The summed E-state index contributed by atoms with van der Waals surface area (Å²) < 4.78 is 68.8. The monoisotopic (exact) mass is 739 g/mol. The molecule has 4 rings (SSSR count). The molecule has 16 heteroatoms. The molecule has 2 aromatic carbocycles. The number of imidazole rings is 1. The Hall–Kier alpha value is -2.03. The number of fused-ring (bicyclic) bond motifs is 2. The fourth-order valence-corrected chi connectivity index (χ4v) is 7.15. The Balaban J connectivity index is 1.89. The van der Waals surface area contributed by atoms with Gasteiger partial charge < -0.3 is 9.80 Å². The zero-order valence-electron chi connectivity index (χ0n) is 25.0. The molecule has 2 heterocycles. The van der Waals surface area contributed by atoms with E-state index in [1.807, 2.05) is 42.4 Å². The van der Waals surface area contributed by atoms with E-state index in [9.17, 15) is 25.9 Å². The average molecular weight is 742 g/mol. The number of aryl methyl sites for hydroxylation is 2. The predicted octanol–water partition coefficient (Wildman–Crippen LogP) is 7.10. The first-order chi connectivity index (χ1) is 21.1. The highest BCUT2D eigenvalue weighted by Gasteiger charge is 2.32. The van der Waals surface area contributed by atoms with Crippen molar-refractivity contribution in [3.63, 3.8) is 0 Å². The number of hydrogen-bond acceptors (Lipinski definition) is 6. The molecule has 0 saturated carbocycles. The van der Waals surface area contributed by atoms with Crippen molar-refractivity contribution in [3.05, 3.63) is 67.7 Å². The van der Waals surface area contributed by atoms with Crippen LogP contribution in [0.3, 0.4) is 0 Å². The van der Waals surface area contributed by atoms with Gasteiger partial charge in [0.15, 0.2) is 11.0 Å². The largest absolute Gasteiger partial charge is 0.326 e. The van der Waals surface area contributed by atoms with Crippen LogP contribution < -0.4 is 14.4 Å². The first-order valence-electron chi connectivity index (χ1n) is 14.4. The summed E-state index contributed by atoms with van der Waals surface area (Å²) in [6.07, 6.45) is 4.96. The Morgan fingerprint density at radius 2 is 1.36 bits per heavy atom. The molecule has 1 aliphatic rings. The third kappa shape index (κ3) is 8.28. The molecule has 45 heavy (non-hydrogen) atoms. The lowest BCUT2D eigenvalue weighted by molar-refractivity contribution is -0.673. The zero-order chi connectivity index (χ0) is 33.3. The Bertz CT molecular complexity index is 1890. The minimum absolute atomic E-state index is 0.165. The third-order valence-electron chi connectivity index (χ3n) is 7.54. The molecular formula is C29H35Cl4N4O6S2+. The van der Waals surface area contributed by atoms with Crippen LogP contribution in [0.25, 0.3) is 17.1 Å². The fourth-order valence-electron chi connectivity index (χ4n) is 5.54. The van der Waals surface area contributed by atoms with Crippen molar-refractivity contribution < 1.29 is 30.5 Å². The summed E-state index contributed by atoms with van der Waals surface area (Å²) in [7, 11) is -8.31. The number of halogens is 4. The van der Waals surface area contributed by atoms with E-state index in [-0.39, 0.29) is 25.9 Å². The number of aromatic nitrogens is 2. The molecular weight excluding hydrogens is 706 g/mol. The minimum Gasteiger partial charge on any atom is -0.326 e. The summed E-state index contributed by atoms with van der Waals surface area (Å²) in [5, 5.41) is 1.48. The van der Waals surface area contributed by atoms with E-state index in [1.54, 1.807) is 24.3 Å². The van der Waals surface area contributed by atoms with Crippen LogP contribution in [-0.2, 0) is 33.3 Å². The van der Waals surface area contributed by atoms with Gasteiger partial charge in [-0.15, -0.1) is 0 Å². The molecule has 0 unspecified atom stereocenters. The fraction of sp³-hybridized carbons (Fsp3) is 0.414. The van der Waals surface area contributed by atoms with E-state index in [2.05, 4.69) is 9.47 Å². The first-order valence-corrected chi connectivity index (χ1v) is 19.1. The van der Waals surface area contributed by atoms with Gasteiger partial charge in [-0.2, -0.15) is 16.8 Å². The molecule has 0 bridgehead atoms. The minimum atomic E-state index is -4.16. The van der Waals surface area contributed by atoms with Gasteiger partial charge in [0.1, 0.15) is 5.82 Å². The van der Waals surface area contributed by atoms with Gasteiger partial charge in [-0.3, -0.25) is 9.11 Å². The molecule has 0 radical (unpaired) electrons. The van der Waals surface area contributed by atoms with Gasteiger partial charge in [0, 0.05) is 37.7 Å². The molecule has 0 amide bonds. The van der Waals surface area contributed by atoms with Gasteiger partial charge in [0.2, 0.25) is 0 Å². The summed E-state index contributed by atoms with van der Waals surface area (Å²) >= 11 is 25.6. The number of benzene rings is 2. The van der Waals surface area contributed by atoms with Gasteiger partial charge in [0.05, 0.1) is 56.1 Å². The van der Waals surface area contributed by atoms with E-state index < -0.39 is 31.7 Å². The molecule has 0 aliphatic carbocycles. The second kappa shape index (κ2) is 14.4. The summed E-state index contributed by atoms with van der Waals surface area (Å²) in [6.45, 7) is 7.70. The molecule has 2 N–H and O–H groups in total. The highest BCUT2D eigenvalue weighted by Crippen LogP contribution is 2.46. The van der Waals surface area contributed by atoms with Crippen LogP contribution in [0.4, 0.5) is 11.4 Å². The highest BCUT2D eigenvalue weighted by atomic mass is 35.5. The Morgan fingerprint density at radius 3 is 1.91 bits per heavy atom. The lowest BCUT2D eigenvalue weighted by atomic mass is 10.1. The van der Waals surface area contributed by atoms with Gasteiger partial charge in [-0.05, 0) is 50.5 Å². The summed E-state index contributed by atoms with van der Waals surface area (Å²) in [5.41, 5.74) is 4.05. The van der Waals surface area contributed by atoms with Crippen molar-refractivity contribution in [2.24, 2.45) is 0 Å². The lowest BCUT2D eigenvalue weighted by Crippen LogP contribution is -2.37. The molecule has 10 nitrogen and oxygen atoms in total. The molecule has 0 fully saturated rings. The van der Waals surface area contributed by atoms with E-state index in [0.717, 1.165) is 39.6 Å². The van der Waals surface area contributed by atoms with E-state index >= 15 is 0 Å². The molecule has 246 valence electrons. The van der Waals surface area contributed by atoms with Gasteiger partial charge in [-0.25, -0.2) is 9.13 Å². The maximum atomic E-state index is 11.5. The van der Waals surface area contributed by atoms with Crippen LogP contribution in [0.15, 0.2) is 41.7 Å². The number of hydrogen-bond donors (Lipinski definition) is 2. The maximum Gasteiger partial charge on any atom is 0.282 e. The second-order valence-electron chi connectivity index (χ2n) is 10.5. The summed E-state index contributed by atoms with van der Waals surface area (Å²) in [5.74, 6) is 0.748. The van der Waals surface area contributed by atoms with E-state index in [0.29, 0.717) is 39.6 Å². The zero-order valence-corrected chi connectivity index (χ0v) is 29.6. The first kappa shape index (κ1) is 35.8. The van der Waals surface area contributed by atoms with Crippen molar-refractivity contribution in [1.29, 1.82) is 0 Å². The van der Waals surface area contributed by atoms with E-state index in [4.69, 9.17) is 46.4 Å². The standard InChI is InChI=1S/C29H34Cl4N4O6S2/c1-4-19(13-28-34(5-2)24-15-20(30)22(32)17-26(24)36(28)9-7-11-44(38,39)40)14-29-35(6-3)25-16-21(31)23(33)18-27(25)37(29)10-8-12-45(41,42)43/h13-18H,4-12H2,1-3H3,(H-,38,39,40,41,42,43)/p+1. The molecule has 1 aromatic heterocycles. The topological polar surface area (TPSA) is 124 Å². The average Bonchev–Trinajstić information content (AvgIpc) is 3.37. The maximum absolute atomic E-state index is 11.5. The van der Waals surface area contributed by atoms with Gasteiger partial charge in [0.25, 0.3) is 26.1 Å². The lowest BCUT2D eigenvalue weighted by Gasteiger charge is -2.25. The van der Waals surface area contributed by atoms with Gasteiger partial charge >= 0.3 is 0 Å². The number of rotatable bonds is 13. The van der Waals surface area contributed by atoms with Crippen molar-refractivity contribution in [2.45, 2.75) is 53.1 Å². The van der Waals surface area contributed by atoms with Crippen molar-refractivity contribution >= 4 is 95.1 Å². The van der Waals surface area contributed by atoms with Crippen molar-refractivity contribution in [3.8, 4) is 0 Å². The van der Waals surface area contributed by atoms with Crippen LogP contribution in [0.2, 0.25) is 20.1 Å². The van der Waals surface area contributed by atoms with Crippen molar-refractivity contribution in [1.82, 2.24) is 4.57 Å². The van der Waals surface area contributed by atoms with Crippen LogP contribution in [0.1, 0.15) is 45.9 Å². The highest BCUT2D eigenvalue weighted by molar-refractivity contribution is 7.86. The molecule has 0 atom stereocenters. The van der Waals surface area contributed by atoms with E-state index in [1.165, 1.54) is 0 Å². The third-order valence-corrected chi connectivity index (χ3v) is 10.6. The predicted molar refractivity (Wildman–Crippen MR) is 183 cm³/mol. The quantitative estimate of drug-likeness (QED) is 0.141. The Kier molecular flexibility index (Phi) is 11.5. The summed E-state index contributed by atoms with van der Waals surface area (Å²) in [4.78, 5) is 4.02. The van der Waals surface area contributed by atoms with Gasteiger partial charge in [-0.1, -0.05) is 53.3 Å².